The average molecular weight is 163 g/mol. The molecular formula is C10H13NO. The highest BCUT2D eigenvalue weighted by Crippen LogP contribution is 1.91. The predicted octanol–water partition coefficient (Wildman–Crippen LogP) is 1.89. The Morgan fingerprint density at radius 3 is 2.33 bits per heavy atom. The van der Waals surface area contributed by atoms with Crippen LogP contribution in [0.3, 0.4) is 0 Å². The maximum absolute atomic E-state index is 7.76. The monoisotopic (exact) mass is 163 g/mol. The van der Waals surface area contributed by atoms with Gasteiger partial charge in [0, 0.05) is 6.20 Å². The van der Waals surface area contributed by atoms with Crippen LogP contribution >= 0.6 is 0 Å². The molecule has 1 aromatic rings. The summed E-state index contributed by atoms with van der Waals surface area (Å²) in [7, 11) is 0. The second-order valence-electron chi connectivity index (χ2n) is 1.93. The highest BCUT2D eigenvalue weighted by molar-refractivity contribution is 5.40. The summed E-state index contributed by atoms with van der Waals surface area (Å²) in [6, 6.07) is 5.73. The molecule has 0 amide bonds. The van der Waals surface area contributed by atoms with Gasteiger partial charge in [0.25, 0.3) is 0 Å². The molecule has 0 radical (unpaired) electrons. The number of nitrogens with zero attached hydrogens (tertiary/aromatic N) is 1. The molecule has 0 spiro atoms. The van der Waals surface area contributed by atoms with Crippen LogP contribution in [0.2, 0.25) is 0 Å². The van der Waals surface area contributed by atoms with E-state index < -0.39 is 0 Å². The van der Waals surface area contributed by atoms with Crippen molar-refractivity contribution in [2.75, 3.05) is 6.61 Å². The quantitative estimate of drug-likeness (QED) is 0.675. The molecule has 0 fully saturated rings. The van der Waals surface area contributed by atoms with Crippen molar-refractivity contribution in [3.05, 3.63) is 49.3 Å². The molecule has 0 aliphatic rings. The first kappa shape index (κ1) is 10.6. The topological polar surface area (TPSA) is 33.1 Å². The third-order valence-electron chi connectivity index (χ3n) is 1.03. The molecule has 0 aliphatic carbocycles. The maximum Gasteiger partial charge on any atom is 0.0623 e. The van der Waals surface area contributed by atoms with Gasteiger partial charge in [-0.1, -0.05) is 18.7 Å². The predicted molar refractivity (Wildman–Crippen MR) is 51.6 cm³/mol. The van der Waals surface area contributed by atoms with E-state index in [4.69, 9.17) is 5.11 Å². The molecule has 1 N–H and O–H groups in total. The Hall–Kier alpha value is -1.41. The third kappa shape index (κ3) is 5.38. The molecule has 1 aromatic heterocycles. The van der Waals surface area contributed by atoms with Crippen LogP contribution in [0.5, 0.6) is 0 Å². The van der Waals surface area contributed by atoms with Gasteiger partial charge in [-0.25, -0.2) is 0 Å². The normalized spacial score (nSPS) is 7.75. The van der Waals surface area contributed by atoms with Crippen molar-refractivity contribution < 1.29 is 5.11 Å². The fraction of sp³-hybridized carbons (Fsp3) is 0.100. The van der Waals surface area contributed by atoms with Crippen molar-refractivity contribution in [3.8, 4) is 0 Å². The summed E-state index contributed by atoms with van der Waals surface area (Å²) in [6.45, 7) is 6.88. The van der Waals surface area contributed by atoms with Crippen molar-refractivity contribution in [2.24, 2.45) is 0 Å². The Bertz CT molecular complexity index is 219. The lowest BCUT2D eigenvalue weighted by Crippen LogP contribution is -1.73. The van der Waals surface area contributed by atoms with Gasteiger partial charge in [-0.3, -0.25) is 4.98 Å². The minimum absolute atomic E-state index is 0.0833. The molecule has 1 rings (SSSR count). The lowest BCUT2D eigenvalue weighted by molar-refractivity contribution is 0.343. The summed E-state index contributed by atoms with van der Waals surface area (Å²) in [5, 5.41) is 7.76. The van der Waals surface area contributed by atoms with Gasteiger partial charge in [0.15, 0.2) is 0 Å². The SMILES string of the molecule is C=CCO.C=Cc1ccccn1. The van der Waals surface area contributed by atoms with Gasteiger partial charge in [0.05, 0.1) is 12.3 Å². The lowest BCUT2D eigenvalue weighted by Gasteiger charge is -1.84. The van der Waals surface area contributed by atoms with E-state index in [9.17, 15) is 0 Å². The molecule has 1 heterocycles. The van der Waals surface area contributed by atoms with E-state index >= 15 is 0 Å². The van der Waals surface area contributed by atoms with Crippen molar-refractivity contribution in [3.63, 3.8) is 0 Å². The molecule has 2 nitrogen and oxygen atoms in total. The molecule has 2 heteroatoms. The Labute approximate surface area is 72.9 Å². The summed E-state index contributed by atoms with van der Waals surface area (Å²) in [6.07, 6.45) is 4.90. The summed E-state index contributed by atoms with van der Waals surface area (Å²) in [5.41, 5.74) is 0.924. The number of pyridine rings is 1. The minimum atomic E-state index is 0.0833. The van der Waals surface area contributed by atoms with E-state index in [1.54, 1.807) is 12.3 Å². The molecule has 0 unspecified atom stereocenters. The Morgan fingerprint density at radius 2 is 2.08 bits per heavy atom. The fourth-order valence-electron chi connectivity index (χ4n) is 0.497. The highest BCUT2D eigenvalue weighted by Gasteiger charge is 1.77. The molecule has 0 aromatic carbocycles. The summed E-state index contributed by atoms with van der Waals surface area (Å²) in [4.78, 5) is 3.98. The van der Waals surface area contributed by atoms with E-state index in [2.05, 4.69) is 18.1 Å². The largest absolute Gasteiger partial charge is 0.392 e. The molecule has 0 saturated carbocycles. The Kier molecular flexibility index (Phi) is 6.79. The molecule has 0 atom stereocenters. The number of hydrogen-bond acceptors (Lipinski definition) is 2. The molecule has 0 saturated heterocycles. The van der Waals surface area contributed by atoms with Crippen molar-refractivity contribution >= 4 is 6.08 Å². The van der Waals surface area contributed by atoms with Gasteiger partial charge in [-0.2, -0.15) is 0 Å². The first-order valence-corrected chi connectivity index (χ1v) is 3.60. The zero-order valence-corrected chi connectivity index (χ0v) is 6.98. The molecule has 12 heavy (non-hydrogen) atoms. The van der Waals surface area contributed by atoms with Crippen molar-refractivity contribution in [2.45, 2.75) is 0 Å². The minimum Gasteiger partial charge on any atom is -0.392 e. The fourth-order valence-corrected chi connectivity index (χ4v) is 0.497. The van der Waals surface area contributed by atoms with E-state index in [1.165, 1.54) is 6.08 Å². The van der Waals surface area contributed by atoms with Crippen LogP contribution in [0.15, 0.2) is 43.6 Å². The standard InChI is InChI=1S/C7H7N.C3H6O/c1-2-7-5-3-4-6-8-7;1-2-3-4/h2-6H,1H2;2,4H,1,3H2. The average Bonchev–Trinajstić information content (AvgIpc) is 2.19. The van der Waals surface area contributed by atoms with Crippen LogP contribution in [0.25, 0.3) is 6.08 Å². The summed E-state index contributed by atoms with van der Waals surface area (Å²) in [5.74, 6) is 0. The zero-order chi connectivity index (χ0) is 9.23. The molecular weight excluding hydrogens is 150 g/mol. The van der Waals surface area contributed by atoms with Gasteiger partial charge in [-0.15, -0.1) is 6.58 Å². The Balaban J connectivity index is 0.000000261. The maximum atomic E-state index is 7.76. The van der Waals surface area contributed by atoms with Crippen molar-refractivity contribution in [1.82, 2.24) is 4.98 Å². The van der Waals surface area contributed by atoms with Gasteiger partial charge >= 0.3 is 0 Å². The lowest BCUT2D eigenvalue weighted by atomic mass is 10.4. The van der Waals surface area contributed by atoms with E-state index in [1.807, 2.05) is 18.2 Å². The zero-order valence-electron chi connectivity index (χ0n) is 6.98. The number of aliphatic hydroxyl groups excluding tert-OH is 1. The van der Waals surface area contributed by atoms with E-state index in [0.717, 1.165) is 5.69 Å². The number of aliphatic hydroxyl groups is 1. The molecule has 64 valence electrons. The van der Waals surface area contributed by atoms with Crippen LogP contribution in [0.1, 0.15) is 5.69 Å². The van der Waals surface area contributed by atoms with Gasteiger partial charge < -0.3 is 5.11 Å². The van der Waals surface area contributed by atoms with Crippen LogP contribution in [-0.2, 0) is 0 Å². The first-order chi connectivity index (χ1) is 5.85. The molecule has 0 aliphatic heterocycles. The van der Waals surface area contributed by atoms with Crippen LogP contribution in [-0.4, -0.2) is 16.7 Å². The second kappa shape index (κ2) is 7.69. The summed E-state index contributed by atoms with van der Waals surface area (Å²) < 4.78 is 0. The van der Waals surface area contributed by atoms with Gasteiger partial charge in [-0.05, 0) is 18.2 Å². The number of aromatic nitrogens is 1. The van der Waals surface area contributed by atoms with E-state index in [-0.39, 0.29) is 6.61 Å². The highest BCUT2D eigenvalue weighted by atomic mass is 16.2. The third-order valence-corrected chi connectivity index (χ3v) is 1.03. The van der Waals surface area contributed by atoms with Crippen LogP contribution in [0, 0.1) is 0 Å². The summed E-state index contributed by atoms with van der Waals surface area (Å²) >= 11 is 0. The first-order valence-electron chi connectivity index (χ1n) is 3.60. The van der Waals surface area contributed by atoms with E-state index in [0.29, 0.717) is 0 Å². The number of hydrogen-bond donors (Lipinski definition) is 1. The number of rotatable bonds is 2. The second-order valence-corrected chi connectivity index (χ2v) is 1.93. The van der Waals surface area contributed by atoms with Crippen molar-refractivity contribution in [1.29, 1.82) is 0 Å². The van der Waals surface area contributed by atoms with Crippen LogP contribution in [0.4, 0.5) is 0 Å². The van der Waals surface area contributed by atoms with Crippen LogP contribution < -0.4 is 0 Å². The Morgan fingerprint density at radius 1 is 1.42 bits per heavy atom. The van der Waals surface area contributed by atoms with Gasteiger partial charge in [0.1, 0.15) is 0 Å². The van der Waals surface area contributed by atoms with Gasteiger partial charge in [0.2, 0.25) is 0 Å². The molecule has 0 bridgehead atoms. The smallest absolute Gasteiger partial charge is 0.0623 e.